The average Bonchev–Trinajstić information content (AvgIpc) is 2.70. The molecule has 0 bridgehead atoms. The Morgan fingerprint density at radius 3 is 2.20 bits per heavy atom. The molecule has 2 atom stereocenters. The van der Waals surface area contributed by atoms with Crippen molar-refractivity contribution in [1.82, 2.24) is 0 Å². The number of epoxide rings is 1. The molecule has 0 amide bonds. The fraction of sp³-hybridized carbons (Fsp3) is 1.00. The normalized spacial score (nSPS) is 24.6. The van der Waals surface area contributed by atoms with Gasteiger partial charge in [0.25, 0.3) is 0 Å². The van der Waals surface area contributed by atoms with Crippen LogP contribution in [0.25, 0.3) is 0 Å². The van der Waals surface area contributed by atoms with Gasteiger partial charge >= 0.3 is 0 Å². The van der Waals surface area contributed by atoms with E-state index in [-0.39, 0.29) is 6.61 Å². The molecule has 1 fully saturated rings. The summed E-state index contributed by atoms with van der Waals surface area (Å²) in [6, 6.07) is 0. The van der Waals surface area contributed by atoms with Gasteiger partial charge in [-0.05, 0) is 6.92 Å². The Bertz CT molecular complexity index is 71.4. The highest BCUT2D eigenvalue weighted by molar-refractivity contribution is 6.18. The van der Waals surface area contributed by atoms with Gasteiger partial charge in [-0.2, -0.15) is 0 Å². The number of hydrogen-bond donors (Lipinski definition) is 2. The van der Waals surface area contributed by atoms with E-state index < -0.39 is 6.10 Å². The van der Waals surface area contributed by atoms with Crippen LogP contribution in [0.1, 0.15) is 6.92 Å². The van der Waals surface area contributed by atoms with Gasteiger partial charge in [-0.1, -0.05) is 0 Å². The lowest BCUT2D eigenvalue weighted by Crippen LogP contribution is -2.03. The number of aliphatic hydroxyl groups excluding tert-OH is 2. The van der Waals surface area contributed by atoms with Crippen molar-refractivity contribution >= 4 is 11.6 Å². The van der Waals surface area contributed by atoms with E-state index in [0.717, 1.165) is 6.61 Å². The molecule has 0 saturated carbocycles. The third-order valence-corrected chi connectivity index (χ3v) is 1.18. The van der Waals surface area contributed by atoms with Crippen LogP contribution < -0.4 is 0 Å². The predicted molar refractivity (Wildman–Crippen MR) is 39.2 cm³/mol. The van der Waals surface area contributed by atoms with Gasteiger partial charge in [-0.3, -0.25) is 0 Å². The number of aliphatic hydroxyl groups is 2. The Morgan fingerprint density at radius 1 is 1.80 bits per heavy atom. The Labute approximate surface area is 65.6 Å². The lowest BCUT2D eigenvalue weighted by molar-refractivity contribution is 0.110. The van der Waals surface area contributed by atoms with E-state index in [1.807, 2.05) is 0 Å². The molecule has 1 saturated heterocycles. The molecule has 0 radical (unpaired) electrons. The van der Waals surface area contributed by atoms with Crippen LogP contribution in [0, 0.1) is 0 Å². The second kappa shape index (κ2) is 5.92. The first kappa shape index (κ1) is 10.2. The summed E-state index contributed by atoms with van der Waals surface area (Å²) in [5.74, 6) is 0.667. The maximum Gasteiger partial charge on any atom is 0.0944 e. The Kier molecular flexibility index (Phi) is 6.02. The van der Waals surface area contributed by atoms with Crippen LogP contribution in [0.2, 0.25) is 0 Å². The van der Waals surface area contributed by atoms with E-state index >= 15 is 0 Å². The SMILES string of the molecule is CC(O)CO.ClCC1CO1. The van der Waals surface area contributed by atoms with E-state index in [1.54, 1.807) is 0 Å². The zero-order valence-electron chi connectivity index (χ0n) is 5.96. The largest absolute Gasteiger partial charge is 0.394 e. The maximum absolute atomic E-state index is 8.11. The molecule has 1 aliphatic rings. The quantitative estimate of drug-likeness (QED) is 0.450. The Balaban J connectivity index is 0.000000162. The third-order valence-electron chi connectivity index (χ3n) is 0.839. The predicted octanol–water partition coefficient (Wildman–Crippen LogP) is -0.0165. The highest BCUT2D eigenvalue weighted by Gasteiger charge is 2.19. The minimum atomic E-state index is -0.560. The second-order valence-electron chi connectivity index (χ2n) is 2.14. The van der Waals surface area contributed by atoms with Crippen molar-refractivity contribution in [2.45, 2.75) is 19.1 Å². The van der Waals surface area contributed by atoms with Crippen LogP contribution in [0.3, 0.4) is 0 Å². The molecule has 1 aliphatic heterocycles. The zero-order valence-corrected chi connectivity index (χ0v) is 6.71. The maximum atomic E-state index is 8.11. The molecule has 2 unspecified atom stereocenters. The van der Waals surface area contributed by atoms with Crippen LogP contribution in [0.15, 0.2) is 0 Å². The van der Waals surface area contributed by atoms with Crippen molar-refractivity contribution in [3.05, 3.63) is 0 Å². The molecule has 3 nitrogen and oxygen atoms in total. The van der Waals surface area contributed by atoms with Crippen LogP contribution in [-0.4, -0.2) is 41.5 Å². The van der Waals surface area contributed by atoms with Gasteiger partial charge in [0, 0.05) is 0 Å². The summed E-state index contributed by atoms with van der Waals surface area (Å²) >= 11 is 5.27. The molecule has 2 N–H and O–H groups in total. The van der Waals surface area contributed by atoms with Crippen molar-refractivity contribution in [3.63, 3.8) is 0 Å². The van der Waals surface area contributed by atoms with Gasteiger partial charge in [-0.25, -0.2) is 0 Å². The van der Waals surface area contributed by atoms with Crippen molar-refractivity contribution < 1.29 is 14.9 Å². The number of ether oxygens (including phenoxy) is 1. The van der Waals surface area contributed by atoms with Crippen molar-refractivity contribution in [2.24, 2.45) is 0 Å². The first-order valence-electron chi connectivity index (χ1n) is 3.17. The average molecular weight is 169 g/mol. The summed E-state index contributed by atoms with van der Waals surface area (Å²) in [6.45, 7) is 2.27. The molecule has 0 aliphatic carbocycles. The highest BCUT2D eigenvalue weighted by atomic mass is 35.5. The zero-order chi connectivity index (χ0) is 7.98. The Hall–Kier alpha value is 0.170. The third kappa shape index (κ3) is 8.17. The van der Waals surface area contributed by atoms with Crippen LogP contribution >= 0.6 is 11.6 Å². The van der Waals surface area contributed by atoms with Crippen LogP contribution in [0.4, 0.5) is 0 Å². The number of rotatable bonds is 2. The van der Waals surface area contributed by atoms with Crippen molar-refractivity contribution in [2.75, 3.05) is 19.1 Å². The van der Waals surface area contributed by atoms with Crippen molar-refractivity contribution in [1.29, 1.82) is 0 Å². The van der Waals surface area contributed by atoms with E-state index in [9.17, 15) is 0 Å². The Morgan fingerprint density at radius 2 is 2.20 bits per heavy atom. The van der Waals surface area contributed by atoms with Gasteiger partial charge in [0.1, 0.15) is 0 Å². The lowest BCUT2D eigenvalue weighted by atomic mass is 10.5. The smallest absolute Gasteiger partial charge is 0.0944 e. The topological polar surface area (TPSA) is 53.0 Å². The summed E-state index contributed by atoms with van der Waals surface area (Å²) in [6.07, 6.45) is -0.160. The molecule has 10 heavy (non-hydrogen) atoms. The summed E-state index contributed by atoms with van der Waals surface area (Å²) in [5.41, 5.74) is 0. The van der Waals surface area contributed by atoms with Crippen LogP contribution in [-0.2, 0) is 4.74 Å². The fourth-order valence-electron chi connectivity index (χ4n) is 0.157. The molecule has 62 valence electrons. The molecule has 1 heterocycles. The van der Waals surface area contributed by atoms with Gasteiger partial charge in [0.05, 0.1) is 31.3 Å². The molecule has 4 heteroatoms. The highest BCUT2D eigenvalue weighted by Crippen LogP contribution is 2.08. The number of hydrogen-bond acceptors (Lipinski definition) is 3. The second-order valence-corrected chi connectivity index (χ2v) is 2.45. The standard InChI is InChI=1S/C3H5ClO.C3H8O2/c4-1-3-2-5-3;1-3(5)2-4/h3H,1-2H2;3-5H,2H2,1H3. The van der Waals surface area contributed by atoms with E-state index in [1.165, 1.54) is 6.92 Å². The lowest BCUT2D eigenvalue weighted by Gasteiger charge is -1.90. The van der Waals surface area contributed by atoms with Crippen molar-refractivity contribution in [3.8, 4) is 0 Å². The fourth-order valence-corrected chi connectivity index (χ4v) is 0.335. The van der Waals surface area contributed by atoms with Gasteiger partial charge in [0.15, 0.2) is 0 Å². The molecule has 1 rings (SSSR count). The van der Waals surface area contributed by atoms with Crippen LogP contribution in [0.5, 0.6) is 0 Å². The summed E-state index contributed by atoms with van der Waals surface area (Å²) in [4.78, 5) is 0. The van der Waals surface area contributed by atoms with E-state index in [2.05, 4.69) is 0 Å². The van der Waals surface area contributed by atoms with E-state index in [0.29, 0.717) is 12.0 Å². The molecular formula is C6H13ClO3. The minimum absolute atomic E-state index is 0.139. The first-order chi connectivity index (χ1) is 4.70. The summed E-state index contributed by atoms with van der Waals surface area (Å²) < 4.78 is 4.73. The van der Waals surface area contributed by atoms with Gasteiger partial charge in [0.2, 0.25) is 0 Å². The van der Waals surface area contributed by atoms with E-state index in [4.69, 9.17) is 26.6 Å². The number of alkyl halides is 1. The van der Waals surface area contributed by atoms with Gasteiger partial charge < -0.3 is 14.9 Å². The monoisotopic (exact) mass is 168 g/mol. The molecule has 0 spiro atoms. The molecular weight excluding hydrogens is 156 g/mol. The summed E-state index contributed by atoms with van der Waals surface area (Å²) in [5, 5.41) is 16.0. The molecule has 0 aromatic heterocycles. The van der Waals surface area contributed by atoms with Gasteiger partial charge in [-0.15, -0.1) is 11.6 Å². The summed E-state index contributed by atoms with van der Waals surface area (Å²) in [7, 11) is 0. The number of halogens is 1. The minimum Gasteiger partial charge on any atom is -0.394 e. The molecule has 0 aromatic rings. The first-order valence-corrected chi connectivity index (χ1v) is 3.70. The molecule has 0 aromatic carbocycles.